The Balaban J connectivity index is 2.07. The van der Waals surface area contributed by atoms with Gasteiger partial charge in [-0.2, -0.15) is 0 Å². The number of amides is 2. The molecule has 2 N–H and O–H groups in total. The van der Waals surface area contributed by atoms with Crippen LogP contribution in [0.3, 0.4) is 0 Å². The van der Waals surface area contributed by atoms with Crippen molar-refractivity contribution in [2.24, 2.45) is 0 Å². The van der Waals surface area contributed by atoms with Crippen LogP contribution in [0, 0.1) is 0 Å². The predicted octanol–water partition coefficient (Wildman–Crippen LogP) is 1.64. The number of pyridine rings is 1. The number of hydrogen-bond acceptors (Lipinski definition) is 6. The molecule has 8 heteroatoms. The molecule has 0 aliphatic rings. The molecule has 0 atom stereocenters. The Kier molecular flexibility index (Phi) is 7.13. The summed E-state index contributed by atoms with van der Waals surface area (Å²) in [5, 5.41) is 5.54. The maximum Gasteiger partial charge on any atom is 0.269 e. The number of methoxy groups -OCH3 is 2. The minimum absolute atomic E-state index is 0.189. The van der Waals surface area contributed by atoms with E-state index in [0.717, 1.165) is 0 Å². The summed E-state index contributed by atoms with van der Waals surface area (Å²) >= 11 is 0. The Labute approximate surface area is 158 Å². The van der Waals surface area contributed by atoms with Gasteiger partial charge in [-0.3, -0.25) is 14.6 Å². The van der Waals surface area contributed by atoms with Crippen molar-refractivity contribution in [3.63, 3.8) is 0 Å². The van der Waals surface area contributed by atoms with E-state index in [1.54, 1.807) is 24.3 Å². The van der Waals surface area contributed by atoms with Gasteiger partial charge in [0.25, 0.3) is 11.8 Å². The predicted molar refractivity (Wildman–Crippen MR) is 103 cm³/mol. The fourth-order valence-electron chi connectivity index (χ4n) is 2.30. The number of anilines is 1. The number of rotatable bonds is 8. The zero-order chi connectivity index (χ0) is 19.8. The van der Waals surface area contributed by atoms with Crippen LogP contribution in [0.5, 0.6) is 11.5 Å². The summed E-state index contributed by atoms with van der Waals surface area (Å²) in [5.41, 5.74) is 1.07. The van der Waals surface area contributed by atoms with E-state index in [1.165, 1.54) is 26.5 Å². The molecule has 0 radical (unpaired) electrons. The number of ether oxygens (including phenoxy) is 2. The third-order valence-corrected chi connectivity index (χ3v) is 3.74. The van der Waals surface area contributed by atoms with E-state index >= 15 is 0 Å². The standard InChI is InChI=1S/C19H24N4O4/c1-23(2)10-9-21-19(25)15-11-13(7-8-20-15)18(24)22-14-5-6-16(26-3)17(12-14)27-4/h5-8,11-12H,9-10H2,1-4H3,(H,21,25)(H,22,24). The lowest BCUT2D eigenvalue weighted by atomic mass is 10.2. The van der Waals surface area contributed by atoms with Crippen molar-refractivity contribution >= 4 is 17.5 Å². The fourth-order valence-corrected chi connectivity index (χ4v) is 2.30. The van der Waals surface area contributed by atoms with Crippen LogP contribution in [0.4, 0.5) is 5.69 Å². The molecule has 27 heavy (non-hydrogen) atoms. The third-order valence-electron chi connectivity index (χ3n) is 3.74. The third kappa shape index (κ3) is 5.68. The Morgan fingerprint density at radius 2 is 1.78 bits per heavy atom. The molecule has 2 rings (SSSR count). The Morgan fingerprint density at radius 1 is 1.04 bits per heavy atom. The first-order valence-electron chi connectivity index (χ1n) is 8.37. The highest BCUT2D eigenvalue weighted by Crippen LogP contribution is 2.29. The van der Waals surface area contributed by atoms with Crippen molar-refractivity contribution in [1.29, 1.82) is 0 Å². The molecule has 2 amide bonds. The number of hydrogen-bond donors (Lipinski definition) is 2. The van der Waals surface area contributed by atoms with Crippen molar-refractivity contribution in [3.05, 3.63) is 47.8 Å². The minimum atomic E-state index is -0.355. The first-order valence-corrected chi connectivity index (χ1v) is 8.37. The molecule has 0 aliphatic carbocycles. The monoisotopic (exact) mass is 372 g/mol. The van der Waals surface area contributed by atoms with Crippen LogP contribution >= 0.6 is 0 Å². The second kappa shape index (κ2) is 9.54. The van der Waals surface area contributed by atoms with Crippen LogP contribution < -0.4 is 20.1 Å². The zero-order valence-electron chi connectivity index (χ0n) is 15.9. The number of nitrogens with one attached hydrogen (secondary N) is 2. The quantitative estimate of drug-likeness (QED) is 0.732. The molecule has 2 aromatic rings. The van der Waals surface area contributed by atoms with Gasteiger partial charge in [-0.25, -0.2) is 0 Å². The summed E-state index contributed by atoms with van der Waals surface area (Å²) < 4.78 is 10.4. The maximum atomic E-state index is 12.5. The second-order valence-electron chi connectivity index (χ2n) is 6.01. The molecule has 144 valence electrons. The molecule has 0 spiro atoms. The van der Waals surface area contributed by atoms with Crippen LogP contribution in [0.25, 0.3) is 0 Å². The number of nitrogens with zero attached hydrogens (tertiary/aromatic N) is 2. The first-order chi connectivity index (χ1) is 12.9. The Morgan fingerprint density at radius 3 is 2.44 bits per heavy atom. The highest BCUT2D eigenvalue weighted by atomic mass is 16.5. The van der Waals surface area contributed by atoms with Gasteiger partial charge in [0.1, 0.15) is 5.69 Å². The number of likely N-dealkylation sites (N-methyl/N-ethyl adjacent to an activating group) is 1. The average Bonchev–Trinajstić information content (AvgIpc) is 2.67. The minimum Gasteiger partial charge on any atom is -0.493 e. The van der Waals surface area contributed by atoms with Crippen molar-refractivity contribution in [2.45, 2.75) is 0 Å². The van der Waals surface area contributed by atoms with E-state index in [0.29, 0.717) is 35.8 Å². The van der Waals surface area contributed by atoms with E-state index in [1.807, 2.05) is 19.0 Å². The molecule has 0 fully saturated rings. The first kappa shape index (κ1) is 20.2. The van der Waals surface area contributed by atoms with Crippen LogP contribution in [0.15, 0.2) is 36.5 Å². The van der Waals surface area contributed by atoms with Gasteiger partial charge >= 0.3 is 0 Å². The summed E-state index contributed by atoms with van der Waals surface area (Å²) in [7, 11) is 6.90. The molecule has 0 unspecified atom stereocenters. The topological polar surface area (TPSA) is 92.8 Å². The van der Waals surface area contributed by atoms with E-state index in [9.17, 15) is 9.59 Å². The van der Waals surface area contributed by atoms with Crippen molar-refractivity contribution in [1.82, 2.24) is 15.2 Å². The number of carbonyl (C=O) groups excluding carboxylic acids is 2. The van der Waals surface area contributed by atoms with Crippen LogP contribution in [0.2, 0.25) is 0 Å². The van der Waals surface area contributed by atoms with Gasteiger partial charge in [-0.05, 0) is 38.4 Å². The van der Waals surface area contributed by atoms with E-state index in [2.05, 4.69) is 15.6 Å². The molecule has 0 saturated heterocycles. The second-order valence-corrected chi connectivity index (χ2v) is 6.01. The average molecular weight is 372 g/mol. The van der Waals surface area contributed by atoms with Gasteiger partial charge in [0.15, 0.2) is 11.5 Å². The molecule has 0 aliphatic heterocycles. The lowest BCUT2D eigenvalue weighted by molar-refractivity contribution is 0.0946. The normalized spacial score (nSPS) is 10.4. The van der Waals surface area contributed by atoms with E-state index in [4.69, 9.17) is 9.47 Å². The summed E-state index contributed by atoms with van der Waals surface area (Å²) in [6.45, 7) is 1.21. The van der Waals surface area contributed by atoms with Crippen LogP contribution in [-0.4, -0.2) is 63.1 Å². The molecular formula is C19H24N4O4. The lowest BCUT2D eigenvalue weighted by Gasteiger charge is -2.11. The Bertz CT molecular complexity index is 808. The van der Waals surface area contributed by atoms with Crippen LogP contribution in [0.1, 0.15) is 20.8 Å². The largest absolute Gasteiger partial charge is 0.493 e. The maximum absolute atomic E-state index is 12.5. The molecule has 1 heterocycles. The van der Waals surface area contributed by atoms with Gasteiger partial charge in [-0.15, -0.1) is 0 Å². The molecule has 8 nitrogen and oxygen atoms in total. The smallest absolute Gasteiger partial charge is 0.269 e. The molecule has 1 aromatic heterocycles. The van der Waals surface area contributed by atoms with Crippen molar-refractivity contribution in [3.8, 4) is 11.5 Å². The Hall–Kier alpha value is -3.13. The van der Waals surface area contributed by atoms with E-state index in [-0.39, 0.29) is 17.5 Å². The van der Waals surface area contributed by atoms with Gasteiger partial charge in [0, 0.05) is 36.6 Å². The summed E-state index contributed by atoms with van der Waals surface area (Å²) in [6, 6.07) is 8.07. The highest BCUT2D eigenvalue weighted by molar-refractivity contribution is 6.05. The van der Waals surface area contributed by atoms with Gasteiger partial charge in [-0.1, -0.05) is 0 Å². The number of carbonyl (C=O) groups is 2. The molecule has 1 aromatic carbocycles. The molecule has 0 saturated carbocycles. The van der Waals surface area contributed by atoms with Gasteiger partial charge < -0.3 is 25.0 Å². The highest BCUT2D eigenvalue weighted by Gasteiger charge is 2.13. The van der Waals surface area contributed by atoms with Gasteiger partial charge in [0.2, 0.25) is 0 Å². The van der Waals surface area contributed by atoms with Crippen molar-refractivity contribution < 1.29 is 19.1 Å². The van der Waals surface area contributed by atoms with Gasteiger partial charge in [0.05, 0.1) is 14.2 Å². The molecular weight excluding hydrogens is 348 g/mol. The number of benzene rings is 1. The SMILES string of the molecule is COc1ccc(NC(=O)c2ccnc(C(=O)NCCN(C)C)c2)cc1OC. The van der Waals surface area contributed by atoms with Crippen LogP contribution in [-0.2, 0) is 0 Å². The summed E-state index contributed by atoms with van der Waals surface area (Å²) in [4.78, 5) is 30.6. The lowest BCUT2D eigenvalue weighted by Crippen LogP contribution is -2.32. The number of aromatic nitrogens is 1. The summed E-state index contributed by atoms with van der Waals surface area (Å²) in [5.74, 6) is 0.395. The van der Waals surface area contributed by atoms with E-state index < -0.39 is 0 Å². The zero-order valence-corrected chi connectivity index (χ0v) is 15.9. The fraction of sp³-hybridized carbons (Fsp3) is 0.316. The molecule has 0 bridgehead atoms. The summed E-state index contributed by atoms with van der Waals surface area (Å²) in [6.07, 6.45) is 1.43. The van der Waals surface area contributed by atoms with Crippen molar-refractivity contribution in [2.75, 3.05) is 46.7 Å².